The van der Waals surface area contributed by atoms with Crippen molar-refractivity contribution >= 4 is 22.2 Å². The van der Waals surface area contributed by atoms with Gasteiger partial charge in [0.1, 0.15) is 0 Å². The van der Waals surface area contributed by atoms with Gasteiger partial charge in [0.05, 0.1) is 11.3 Å². The zero-order valence-corrected chi connectivity index (χ0v) is 11.9. The smallest absolute Gasteiger partial charge is 0.231 e. The van der Waals surface area contributed by atoms with Crippen molar-refractivity contribution < 1.29 is 9.47 Å². The van der Waals surface area contributed by atoms with Gasteiger partial charge >= 0.3 is 0 Å². The highest BCUT2D eigenvalue weighted by Gasteiger charge is 2.22. The Balaban J connectivity index is 1.87. The zero-order valence-electron chi connectivity index (χ0n) is 11.1. The van der Waals surface area contributed by atoms with Crippen molar-refractivity contribution in [2.45, 2.75) is 0 Å². The molecule has 0 radical (unpaired) electrons. The second-order valence-corrected chi connectivity index (χ2v) is 5.44. The fraction of sp³-hybridized carbons (Fsp3) is 0.0625. The molecule has 1 aliphatic rings. The van der Waals surface area contributed by atoms with Gasteiger partial charge in [-0.1, -0.05) is 30.3 Å². The molecule has 1 N–H and O–H groups in total. The third-order valence-corrected chi connectivity index (χ3v) is 3.96. The molecule has 4 rings (SSSR count). The summed E-state index contributed by atoms with van der Waals surface area (Å²) in [5.74, 6) is 1.56. The summed E-state index contributed by atoms with van der Waals surface area (Å²) in [5, 5.41) is 6.15. The topological polar surface area (TPSA) is 43.4 Å². The molecular weight excluding hydrogens is 284 g/mol. The molecule has 0 amide bonds. The van der Waals surface area contributed by atoms with E-state index in [4.69, 9.17) is 9.47 Å². The summed E-state index contributed by atoms with van der Waals surface area (Å²) in [7, 11) is 0. The fourth-order valence-corrected chi connectivity index (χ4v) is 2.91. The van der Waals surface area contributed by atoms with Crippen molar-refractivity contribution in [3.05, 3.63) is 54.0 Å². The second-order valence-electron chi connectivity index (χ2n) is 4.55. The first kappa shape index (κ1) is 12.2. The second kappa shape index (κ2) is 5.10. The zero-order chi connectivity index (χ0) is 14.1. The number of aromatic nitrogens is 1. The highest BCUT2D eigenvalue weighted by atomic mass is 32.1. The van der Waals surface area contributed by atoms with Crippen LogP contribution in [0.4, 0.5) is 10.8 Å². The highest BCUT2D eigenvalue weighted by Crippen LogP contribution is 2.46. The predicted molar refractivity (Wildman–Crippen MR) is 83.4 cm³/mol. The number of ether oxygens (including phenoxy) is 2. The Morgan fingerprint density at radius 3 is 2.76 bits per heavy atom. The van der Waals surface area contributed by atoms with E-state index in [9.17, 15) is 0 Å². The molecule has 104 valence electrons. The monoisotopic (exact) mass is 296 g/mol. The summed E-state index contributed by atoms with van der Waals surface area (Å²) < 4.78 is 11.2. The van der Waals surface area contributed by atoms with Crippen molar-refractivity contribution in [2.24, 2.45) is 0 Å². The lowest BCUT2D eigenvalue weighted by atomic mass is 10.0. The van der Waals surface area contributed by atoms with E-state index < -0.39 is 0 Å². The van der Waals surface area contributed by atoms with Gasteiger partial charge in [-0.3, -0.25) is 0 Å². The van der Waals surface area contributed by atoms with E-state index in [0.29, 0.717) is 0 Å². The third kappa shape index (κ3) is 2.21. The van der Waals surface area contributed by atoms with Gasteiger partial charge in [-0.05, 0) is 17.7 Å². The average Bonchev–Trinajstić information content (AvgIpc) is 3.19. The molecule has 0 spiro atoms. The van der Waals surface area contributed by atoms with Crippen LogP contribution < -0.4 is 14.8 Å². The molecule has 0 fully saturated rings. The van der Waals surface area contributed by atoms with Crippen LogP contribution in [0.3, 0.4) is 0 Å². The van der Waals surface area contributed by atoms with Gasteiger partial charge in [0.25, 0.3) is 0 Å². The molecule has 5 heteroatoms. The fourth-order valence-electron chi connectivity index (χ4n) is 2.37. The van der Waals surface area contributed by atoms with Gasteiger partial charge in [-0.25, -0.2) is 4.98 Å². The number of benzene rings is 2. The van der Waals surface area contributed by atoms with Gasteiger partial charge in [-0.2, -0.15) is 0 Å². The quantitative estimate of drug-likeness (QED) is 0.783. The Hall–Kier alpha value is -2.53. The number of hydrogen-bond acceptors (Lipinski definition) is 5. The first-order valence-corrected chi connectivity index (χ1v) is 7.44. The lowest BCUT2D eigenvalue weighted by Gasteiger charge is -2.13. The number of nitrogens with zero attached hydrogens (tertiary/aromatic N) is 1. The minimum absolute atomic E-state index is 0.260. The first-order valence-electron chi connectivity index (χ1n) is 6.56. The number of nitrogens with one attached hydrogen (secondary N) is 1. The van der Waals surface area contributed by atoms with Crippen LogP contribution in [-0.4, -0.2) is 11.8 Å². The van der Waals surface area contributed by atoms with Crippen molar-refractivity contribution in [3.63, 3.8) is 0 Å². The standard InChI is InChI=1S/C16H12N2O2S/c1-2-4-11(5-3-1)14-12(18-16-17-8-9-21-16)6-7-13-15(14)20-10-19-13/h1-9H,10H2,(H,17,18). The molecule has 1 aliphatic heterocycles. The number of anilines is 2. The minimum Gasteiger partial charge on any atom is -0.454 e. The van der Waals surface area contributed by atoms with Crippen molar-refractivity contribution in [1.82, 2.24) is 4.98 Å². The van der Waals surface area contributed by atoms with Gasteiger partial charge in [0.15, 0.2) is 16.6 Å². The van der Waals surface area contributed by atoms with Gasteiger partial charge < -0.3 is 14.8 Å². The largest absolute Gasteiger partial charge is 0.454 e. The van der Waals surface area contributed by atoms with Crippen LogP contribution in [0.5, 0.6) is 11.5 Å². The highest BCUT2D eigenvalue weighted by molar-refractivity contribution is 7.13. The van der Waals surface area contributed by atoms with E-state index in [1.54, 1.807) is 17.5 Å². The molecule has 4 nitrogen and oxygen atoms in total. The Morgan fingerprint density at radius 2 is 1.95 bits per heavy atom. The lowest BCUT2D eigenvalue weighted by molar-refractivity contribution is 0.174. The van der Waals surface area contributed by atoms with Crippen molar-refractivity contribution in [3.8, 4) is 22.6 Å². The molecule has 2 aromatic carbocycles. The summed E-state index contributed by atoms with van der Waals surface area (Å²) in [5.41, 5.74) is 3.04. The molecule has 1 aromatic heterocycles. The number of thiazole rings is 1. The average molecular weight is 296 g/mol. The Labute approximate surface area is 126 Å². The molecule has 21 heavy (non-hydrogen) atoms. The maximum Gasteiger partial charge on any atom is 0.231 e. The van der Waals surface area contributed by atoms with E-state index in [0.717, 1.165) is 33.4 Å². The van der Waals surface area contributed by atoms with Crippen LogP contribution >= 0.6 is 11.3 Å². The maximum atomic E-state index is 5.66. The van der Waals surface area contributed by atoms with E-state index >= 15 is 0 Å². The van der Waals surface area contributed by atoms with Crippen LogP contribution in [0.1, 0.15) is 0 Å². The van der Waals surface area contributed by atoms with Crippen LogP contribution in [0, 0.1) is 0 Å². The molecule has 0 aliphatic carbocycles. The number of fused-ring (bicyclic) bond motifs is 1. The summed E-state index contributed by atoms with van der Waals surface area (Å²) in [6, 6.07) is 14.1. The lowest BCUT2D eigenvalue weighted by Crippen LogP contribution is -1.95. The van der Waals surface area contributed by atoms with E-state index in [-0.39, 0.29) is 6.79 Å². The van der Waals surface area contributed by atoms with Crippen molar-refractivity contribution in [2.75, 3.05) is 12.1 Å². The SMILES string of the molecule is c1ccc(-c2c(Nc3nccs3)ccc3c2OCO3)cc1. The van der Waals surface area contributed by atoms with Gasteiger partial charge in [0.2, 0.25) is 6.79 Å². The maximum absolute atomic E-state index is 5.66. The minimum atomic E-state index is 0.260. The van der Waals surface area contributed by atoms with Gasteiger partial charge in [0, 0.05) is 11.6 Å². The molecule has 0 bridgehead atoms. The number of hydrogen-bond donors (Lipinski definition) is 1. The summed E-state index contributed by atoms with van der Waals surface area (Å²) in [4.78, 5) is 4.28. The first-order chi connectivity index (χ1) is 10.4. The molecule has 0 unspecified atom stereocenters. The Bertz CT molecular complexity index is 757. The molecule has 0 saturated heterocycles. The summed E-state index contributed by atoms with van der Waals surface area (Å²) in [6.07, 6.45) is 1.78. The van der Waals surface area contributed by atoms with E-state index in [2.05, 4.69) is 22.4 Å². The predicted octanol–water partition coefficient (Wildman–Crippen LogP) is 4.28. The summed E-state index contributed by atoms with van der Waals surface area (Å²) in [6.45, 7) is 0.260. The molecule has 0 atom stereocenters. The van der Waals surface area contributed by atoms with Crippen LogP contribution in [0.25, 0.3) is 11.1 Å². The van der Waals surface area contributed by atoms with Crippen LogP contribution in [0.2, 0.25) is 0 Å². The Kier molecular flexibility index (Phi) is 2.97. The molecule has 2 heterocycles. The molecule has 0 saturated carbocycles. The Morgan fingerprint density at radius 1 is 1.05 bits per heavy atom. The van der Waals surface area contributed by atoms with E-state index in [1.165, 1.54) is 0 Å². The molecule has 3 aromatic rings. The van der Waals surface area contributed by atoms with Crippen molar-refractivity contribution in [1.29, 1.82) is 0 Å². The van der Waals surface area contributed by atoms with Crippen LogP contribution in [-0.2, 0) is 0 Å². The number of rotatable bonds is 3. The van der Waals surface area contributed by atoms with Crippen LogP contribution in [0.15, 0.2) is 54.0 Å². The summed E-state index contributed by atoms with van der Waals surface area (Å²) >= 11 is 1.56. The molecular formula is C16H12N2O2S. The van der Waals surface area contributed by atoms with E-state index in [1.807, 2.05) is 35.7 Å². The van der Waals surface area contributed by atoms with Gasteiger partial charge in [-0.15, -0.1) is 11.3 Å². The third-order valence-electron chi connectivity index (χ3n) is 3.28. The normalized spacial score (nSPS) is 12.4.